The zero-order valence-corrected chi connectivity index (χ0v) is 8.53. The smallest absolute Gasteiger partial charge is 0.336 e. The molecule has 0 fully saturated rings. The lowest BCUT2D eigenvalue weighted by Gasteiger charge is -2.22. The summed E-state index contributed by atoms with van der Waals surface area (Å²) in [6.07, 6.45) is -1.85. The van der Waals surface area contributed by atoms with Crippen molar-refractivity contribution in [2.24, 2.45) is 0 Å². The summed E-state index contributed by atoms with van der Waals surface area (Å²) in [7, 11) is 0. The molecule has 5 heteroatoms. The van der Waals surface area contributed by atoms with Gasteiger partial charge in [0, 0.05) is 0 Å². The van der Waals surface area contributed by atoms with E-state index in [1.165, 1.54) is 0 Å². The third kappa shape index (κ3) is 2.18. The Morgan fingerprint density at radius 2 is 1.79 bits per heavy atom. The van der Waals surface area contributed by atoms with Gasteiger partial charge in [0.1, 0.15) is 0 Å². The molecule has 1 unspecified atom stereocenters. The van der Waals surface area contributed by atoms with E-state index in [0.29, 0.717) is 5.56 Å². The average molecular weight is 235 g/mol. The topological polar surface area (TPSA) is 57.5 Å². The van der Waals surface area contributed by atoms with Gasteiger partial charge in [0.25, 0.3) is 0 Å². The molecule has 14 heavy (non-hydrogen) atoms. The van der Waals surface area contributed by atoms with Crippen molar-refractivity contribution in [1.82, 2.24) is 0 Å². The number of alkyl halides is 2. The van der Waals surface area contributed by atoms with Gasteiger partial charge in [0.05, 0.1) is 0 Å². The number of halogens is 2. The van der Waals surface area contributed by atoms with E-state index in [9.17, 15) is 9.90 Å². The summed E-state index contributed by atoms with van der Waals surface area (Å²) >= 11 is 11.5. The van der Waals surface area contributed by atoms with Crippen LogP contribution in [0.25, 0.3) is 0 Å². The maximum absolute atomic E-state index is 10.5. The summed E-state index contributed by atoms with van der Waals surface area (Å²) in [5, 5.41) is 17.8. The highest BCUT2D eigenvalue weighted by molar-refractivity contribution is 6.49. The van der Waals surface area contributed by atoms with E-state index in [-0.39, 0.29) is 0 Å². The van der Waals surface area contributed by atoms with Crippen LogP contribution in [-0.4, -0.2) is 22.3 Å². The van der Waals surface area contributed by atoms with Crippen molar-refractivity contribution in [3.8, 4) is 0 Å². The second kappa shape index (κ2) is 4.17. The van der Waals surface area contributed by atoms with Crippen LogP contribution in [0.2, 0.25) is 0 Å². The largest absolute Gasteiger partial charge is 0.479 e. The highest BCUT2D eigenvalue weighted by Crippen LogP contribution is 2.37. The molecule has 76 valence electrons. The Balaban J connectivity index is 3.02. The molecule has 0 aromatic heterocycles. The number of aliphatic hydroxyl groups is 1. The molecular formula is C9H8Cl2O3. The van der Waals surface area contributed by atoms with E-state index in [1.807, 2.05) is 0 Å². The fourth-order valence-corrected chi connectivity index (χ4v) is 1.41. The lowest BCUT2D eigenvalue weighted by atomic mass is 10.1. The van der Waals surface area contributed by atoms with Gasteiger partial charge in [-0.25, -0.2) is 4.79 Å². The van der Waals surface area contributed by atoms with Gasteiger partial charge >= 0.3 is 5.97 Å². The van der Waals surface area contributed by atoms with Crippen molar-refractivity contribution in [3.63, 3.8) is 0 Å². The van der Waals surface area contributed by atoms with Crippen LogP contribution in [0.3, 0.4) is 0 Å². The molecule has 0 bridgehead atoms. The number of hydrogen-bond donors (Lipinski definition) is 2. The molecule has 0 aliphatic carbocycles. The van der Waals surface area contributed by atoms with Gasteiger partial charge < -0.3 is 10.2 Å². The normalized spacial score (nSPS) is 13.6. The van der Waals surface area contributed by atoms with Crippen molar-refractivity contribution >= 4 is 29.2 Å². The van der Waals surface area contributed by atoms with Gasteiger partial charge in [-0.1, -0.05) is 53.5 Å². The molecule has 0 spiro atoms. The Morgan fingerprint density at radius 1 is 1.29 bits per heavy atom. The van der Waals surface area contributed by atoms with Crippen molar-refractivity contribution in [1.29, 1.82) is 0 Å². The Kier molecular flexibility index (Phi) is 3.37. The van der Waals surface area contributed by atoms with Gasteiger partial charge in [-0.05, 0) is 5.56 Å². The van der Waals surface area contributed by atoms with Crippen LogP contribution in [0.1, 0.15) is 5.56 Å². The molecule has 0 saturated carbocycles. The number of carboxylic acid groups (broad SMARTS) is 1. The van der Waals surface area contributed by atoms with E-state index >= 15 is 0 Å². The van der Waals surface area contributed by atoms with E-state index < -0.39 is 16.4 Å². The van der Waals surface area contributed by atoms with Gasteiger partial charge in [-0.2, -0.15) is 0 Å². The maximum atomic E-state index is 10.5. The first kappa shape index (κ1) is 11.3. The fourth-order valence-electron chi connectivity index (χ4n) is 0.973. The SMILES string of the molecule is O=C(O)C(O)C(Cl)(Cl)c1ccccc1. The predicted octanol–water partition coefficient (Wildman–Crippen LogP) is 1.76. The number of aliphatic carboxylic acids is 1. The summed E-state index contributed by atoms with van der Waals surface area (Å²) in [5.74, 6) is -1.46. The molecule has 1 rings (SSSR count). The van der Waals surface area contributed by atoms with Crippen molar-refractivity contribution < 1.29 is 15.0 Å². The summed E-state index contributed by atoms with van der Waals surface area (Å²) in [6.45, 7) is 0. The number of rotatable bonds is 3. The van der Waals surface area contributed by atoms with Crippen LogP contribution in [-0.2, 0) is 9.13 Å². The Labute approximate surface area is 90.9 Å². The summed E-state index contributed by atoms with van der Waals surface area (Å²) < 4.78 is -1.83. The maximum Gasteiger partial charge on any atom is 0.336 e. The van der Waals surface area contributed by atoms with E-state index in [2.05, 4.69) is 0 Å². The highest BCUT2D eigenvalue weighted by Gasteiger charge is 2.40. The molecule has 0 heterocycles. The van der Waals surface area contributed by atoms with Crippen LogP contribution >= 0.6 is 23.2 Å². The van der Waals surface area contributed by atoms with Crippen LogP contribution in [0.5, 0.6) is 0 Å². The number of carboxylic acids is 1. The van der Waals surface area contributed by atoms with Crippen molar-refractivity contribution in [3.05, 3.63) is 35.9 Å². The zero-order valence-electron chi connectivity index (χ0n) is 7.02. The van der Waals surface area contributed by atoms with Crippen LogP contribution in [0.4, 0.5) is 0 Å². The van der Waals surface area contributed by atoms with Crippen LogP contribution < -0.4 is 0 Å². The third-order valence-electron chi connectivity index (χ3n) is 1.74. The summed E-state index contributed by atoms with van der Waals surface area (Å²) in [6, 6.07) is 8.14. The summed E-state index contributed by atoms with van der Waals surface area (Å²) in [5.41, 5.74) is 0.346. The van der Waals surface area contributed by atoms with Crippen LogP contribution in [0, 0.1) is 0 Å². The molecule has 0 aliphatic heterocycles. The van der Waals surface area contributed by atoms with E-state index in [1.54, 1.807) is 30.3 Å². The van der Waals surface area contributed by atoms with E-state index in [4.69, 9.17) is 28.3 Å². The molecular weight excluding hydrogens is 227 g/mol. The monoisotopic (exact) mass is 234 g/mol. The average Bonchev–Trinajstić information content (AvgIpc) is 2.18. The van der Waals surface area contributed by atoms with Gasteiger partial charge in [-0.3, -0.25) is 0 Å². The minimum absolute atomic E-state index is 0.346. The molecule has 0 amide bonds. The van der Waals surface area contributed by atoms with Gasteiger partial charge in [0.2, 0.25) is 0 Å². The first-order valence-corrected chi connectivity index (χ1v) is 4.56. The molecule has 1 aromatic rings. The molecule has 0 saturated heterocycles. The molecule has 2 N–H and O–H groups in total. The van der Waals surface area contributed by atoms with Gasteiger partial charge in [0.15, 0.2) is 10.4 Å². The summed E-state index contributed by atoms with van der Waals surface area (Å²) in [4.78, 5) is 10.5. The highest BCUT2D eigenvalue weighted by atomic mass is 35.5. The van der Waals surface area contributed by atoms with E-state index in [0.717, 1.165) is 0 Å². The van der Waals surface area contributed by atoms with Crippen LogP contribution in [0.15, 0.2) is 30.3 Å². The second-order valence-corrected chi connectivity index (χ2v) is 4.12. The lowest BCUT2D eigenvalue weighted by molar-refractivity contribution is -0.147. The minimum Gasteiger partial charge on any atom is -0.479 e. The Morgan fingerprint density at radius 3 is 2.21 bits per heavy atom. The van der Waals surface area contributed by atoms with Crippen molar-refractivity contribution in [2.75, 3.05) is 0 Å². The Hall–Kier alpha value is -0.770. The number of benzene rings is 1. The minimum atomic E-state index is -1.85. The lowest BCUT2D eigenvalue weighted by Crippen LogP contribution is -2.35. The zero-order chi connectivity index (χ0) is 10.8. The fraction of sp³-hybridized carbons (Fsp3) is 0.222. The first-order chi connectivity index (χ1) is 6.46. The quantitative estimate of drug-likeness (QED) is 0.785. The first-order valence-electron chi connectivity index (χ1n) is 3.80. The molecule has 0 aliphatic rings. The second-order valence-electron chi connectivity index (χ2n) is 2.73. The number of hydrogen-bond acceptors (Lipinski definition) is 2. The standard InChI is InChI=1S/C9H8Cl2O3/c10-9(11,7(12)8(13)14)6-4-2-1-3-5-6/h1-5,7,12H,(H,13,14). The number of carbonyl (C=O) groups is 1. The Bertz CT molecular complexity index is 324. The molecule has 1 atom stereocenters. The van der Waals surface area contributed by atoms with Gasteiger partial charge in [-0.15, -0.1) is 0 Å². The molecule has 0 radical (unpaired) electrons. The third-order valence-corrected chi connectivity index (χ3v) is 2.59. The van der Waals surface area contributed by atoms with Crippen molar-refractivity contribution in [2.45, 2.75) is 10.4 Å². The number of aliphatic hydroxyl groups excluding tert-OH is 1. The predicted molar refractivity (Wildman–Crippen MR) is 53.5 cm³/mol. The molecule has 1 aromatic carbocycles. The molecule has 3 nitrogen and oxygen atoms in total.